The van der Waals surface area contributed by atoms with E-state index in [1.165, 1.54) is 12.7 Å². The maximum Gasteiger partial charge on any atom is 0.309 e. The minimum absolute atomic E-state index is 0.236. The number of methoxy groups -OCH3 is 1. The van der Waals surface area contributed by atoms with Crippen LogP contribution in [0.5, 0.6) is 5.75 Å². The highest BCUT2D eigenvalue weighted by molar-refractivity contribution is 5.73. The van der Waals surface area contributed by atoms with Gasteiger partial charge in [-0.15, -0.1) is 0 Å². The molecule has 0 aliphatic rings. The van der Waals surface area contributed by atoms with E-state index in [2.05, 4.69) is 26.0 Å². The van der Waals surface area contributed by atoms with Crippen molar-refractivity contribution in [2.24, 2.45) is 0 Å². The monoisotopic (exact) mass is 312 g/mol. The standard InChI is InChI=1S/C20H24O3/c1-5-16-9-10-19(15(3)11-16)23-13-18-14(2)7-6-8-17(18)12-20(21)22-4/h6-11H,5,12-13H2,1-4H3. The highest BCUT2D eigenvalue weighted by Crippen LogP contribution is 2.23. The van der Waals surface area contributed by atoms with Gasteiger partial charge in [0.1, 0.15) is 12.4 Å². The Labute approximate surface area is 138 Å². The van der Waals surface area contributed by atoms with Crippen LogP contribution >= 0.6 is 0 Å². The summed E-state index contributed by atoms with van der Waals surface area (Å²) in [6.45, 7) is 6.68. The topological polar surface area (TPSA) is 35.5 Å². The summed E-state index contributed by atoms with van der Waals surface area (Å²) in [6, 6.07) is 12.2. The first-order valence-corrected chi connectivity index (χ1v) is 7.91. The lowest BCUT2D eigenvalue weighted by Gasteiger charge is -2.15. The molecule has 0 atom stereocenters. The molecule has 0 heterocycles. The zero-order valence-electron chi connectivity index (χ0n) is 14.3. The summed E-state index contributed by atoms with van der Waals surface area (Å²) in [4.78, 5) is 11.6. The minimum atomic E-state index is -0.236. The van der Waals surface area contributed by atoms with Crippen molar-refractivity contribution < 1.29 is 14.3 Å². The molecule has 2 rings (SSSR count). The number of hydrogen-bond acceptors (Lipinski definition) is 3. The van der Waals surface area contributed by atoms with Crippen molar-refractivity contribution in [1.29, 1.82) is 0 Å². The summed E-state index contributed by atoms with van der Waals surface area (Å²) in [5.41, 5.74) is 5.57. The van der Waals surface area contributed by atoms with E-state index in [1.54, 1.807) is 0 Å². The summed E-state index contributed by atoms with van der Waals surface area (Å²) >= 11 is 0. The van der Waals surface area contributed by atoms with Gasteiger partial charge in [-0.3, -0.25) is 4.79 Å². The Hall–Kier alpha value is -2.29. The number of esters is 1. The van der Waals surface area contributed by atoms with Crippen LogP contribution in [0.25, 0.3) is 0 Å². The normalized spacial score (nSPS) is 10.4. The Balaban J connectivity index is 2.18. The maximum atomic E-state index is 11.6. The average Bonchev–Trinajstić information content (AvgIpc) is 2.55. The Morgan fingerprint density at radius 1 is 1.09 bits per heavy atom. The molecule has 0 bridgehead atoms. The van der Waals surface area contributed by atoms with Crippen LogP contribution in [0.3, 0.4) is 0 Å². The van der Waals surface area contributed by atoms with Gasteiger partial charge in [-0.1, -0.05) is 37.3 Å². The molecule has 0 unspecified atom stereocenters. The summed E-state index contributed by atoms with van der Waals surface area (Å²) in [5, 5.41) is 0. The lowest BCUT2D eigenvalue weighted by molar-refractivity contribution is -0.139. The fourth-order valence-corrected chi connectivity index (χ4v) is 2.61. The van der Waals surface area contributed by atoms with Gasteiger partial charge < -0.3 is 9.47 Å². The van der Waals surface area contributed by atoms with E-state index in [-0.39, 0.29) is 12.4 Å². The second-order valence-corrected chi connectivity index (χ2v) is 5.71. The van der Waals surface area contributed by atoms with Crippen molar-refractivity contribution in [1.82, 2.24) is 0 Å². The molecule has 0 amide bonds. The van der Waals surface area contributed by atoms with E-state index in [0.29, 0.717) is 6.61 Å². The molecule has 0 fully saturated rings. The van der Waals surface area contributed by atoms with Crippen LogP contribution < -0.4 is 4.74 Å². The third-order valence-corrected chi connectivity index (χ3v) is 4.09. The molecule has 0 saturated heterocycles. The summed E-state index contributed by atoms with van der Waals surface area (Å²) in [7, 11) is 1.41. The molecule has 2 aromatic rings. The Morgan fingerprint density at radius 2 is 1.87 bits per heavy atom. The van der Waals surface area contributed by atoms with Crippen molar-refractivity contribution in [3.05, 3.63) is 64.2 Å². The van der Waals surface area contributed by atoms with Crippen molar-refractivity contribution in [2.75, 3.05) is 7.11 Å². The Bertz CT molecular complexity index is 689. The number of ether oxygens (including phenoxy) is 2. The van der Waals surface area contributed by atoms with Crippen LogP contribution in [0.15, 0.2) is 36.4 Å². The van der Waals surface area contributed by atoms with Crippen LogP contribution in [0.2, 0.25) is 0 Å². The van der Waals surface area contributed by atoms with Crippen molar-refractivity contribution in [2.45, 2.75) is 40.2 Å². The number of rotatable bonds is 6. The molecule has 2 aromatic carbocycles. The van der Waals surface area contributed by atoms with Gasteiger partial charge in [0.2, 0.25) is 0 Å². The van der Waals surface area contributed by atoms with Gasteiger partial charge in [0.15, 0.2) is 0 Å². The third kappa shape index (κ3) is 4.35. The fraction of sp³-hybridized carbons (Fsp3) is 0.350. The van der Waals surface area contributed by atoms with Gasteiger partial charge in [-0.05, 0) is 54.2 Å². The molecule has 3 nitrogen and oxygen atoms in total. The van der Waals surface area contributed by atoms with Gasteiger partial charge in [-0.2, -0.15) is 0 Å². The number of benzene rings is 2. The smallest absolute Gasteiger partial charge is 0.309 e. The number of hydrogen-bond donors (Lipinski definition) is 0. The average molecular weight is 312 g/mol. The lowest BCUT2D eigenvalue weighted by Crippen LogP contribution is -2.10. The molecule has 0 N–H and O–H groups in total. The van der Waals surface area contributed by atoms with Gasteiger partial charge in [0.05, 0.1) is 13.5 Å². The van der Waals surface area contributed by atoms with Crippen LogP contribution in [0.1, 0.15) is 34.7 Å². The maximum absolute atomic E-state index is 11.6. The molecule has 0 radical (unpaired) electrons. The molecular weight excluding hydrogens is 288 g/mol. The van der Waals surface area contributed by atoms with Crippen molar-refractivity contribution in [3.8, 4) is 5.75 Å². The minimum Gasteiger partial charge on any atom is -0.489 e. The zero-order valence-corrected chi connectivity index (χ0v) is 14.3. The first kappa shape index (κ1) is 17.1. The van der Waals surface area contributed by atoms with E-state index in [1.807, 2.05) is 31.2 Å². The quantitative estimate of drug-likeness (QED) is 0.751. The molecule has 0 saturated carbocycles. The van der Waals surface area contributed by atoms with E-state index >= 15 is 0 Å². The summed E-state index contributed by atoms with van der Waals surface area (Å²) < 4.78 is 10.8. The highest BCUT2D eigenvalue weighted by atomic mass is 16.5. The molecular formula is C20H24O3. The molecule has 122 valence electrons. The summed E-state index contributed by atoms with van der Waals surface area (Å²) in [6.07, 6.45) is 1.28. The number of carbonyl (C=O) groups excluding carboxylic acids is 1. The lowest BCUT2D eigenvalue weighted by atomic mass is 10.00. The Morgan fingerprint density at radius 3 is 2.52 bits per heavy atom. The first-order chi connectivity index (χ1) is 11.0. The zero-order chi connectivity index (χ0) is 16.8. The van der Waals surface area contributed by atoms with Gasteiger partial charge >= 0.3 is 5.97 Å². The van der Waals surface area contributed by atoms with Crippen LogP contribution in [-0.2, 0) is 29.0 Å². The second-order valence-electron chi connectivity index (χ2n) is 5.71. The van der Waals surface area contributed by atoms with E-state index in [0.717, 1.165) is 34.4 Å². The predicted molar refractivity (Wildman–Crippen MR) is 91.8 cm³/mol. The number of carbonyl (C=O) groups is 1. The number of aryl methyl sites for hydroxylation is 3. The summed E-state index contributed by atoms with van der Waals surface area (Å²) in [5.74, 6) is 0.648. The molecule has 0 aromatic heterocycles. The SMILES string of the molecule is CCc1ccc(OCc2c(C)cccc2CC(=O)OC)c(C)c1. The third-order valence-electron chi connectivity index (χ3n) is 4.09. The molecule has 3 heteroatoms. The Kier molecular flexibility index (Phi) is 5.80. The van der Waals surface area contributed by atoms with Crippen molar-refractivity contribution in [3.63, 3.8) is 0 Å². The van der Waals surface area contributed by atoms with E-state index in [9.17, 15) is 4.79 Å². The molecule has 0 aliphatic heterocycles. The van der Waals surface area contributed by atoms with Gasteiger partial charge in [0.25, 0.3) is 0 Å². The largest absolute Gasteiger partial charge is 0.489 e. The first-order valence-electron chi connectivity index (χ1n) is 7.91. The highest BCUT2D eigenvalue weighted by Gasteiger charge is 2.11. The molecule has 0 spiro atoms. The van der Waals surface area contributed by atoms with Crippen LogP contribution in [0, 0.1) is 13.8 Å². The van der Waals surface area contributed by atoms with E-state index in [4.69, 9.17) is 9.47 Å². The van der Waals surface area contributed by atoms with Crippen LogP contribution in [0.4, 0.5) is 0 Å². The van der Waals surface area contributed by atoms with Crippen molar-refractivity contribution >= 4 is 5.97 Å². The van der Waals surface area contributed by atoms with Crippen LogP contribution in [-0.4, -0.2) is 13.1 Å². The van der Waals surface area contributed by atoms with E-state index < -0.39 is 0 Å². The second kappa shape index (κ2) is 7.82. The molecule has 0 aliphatic carbocycles. The van der Waals surface area contributed by atoms with Gasteiger partial charge in [0, 0.05) is 0 Å². The van der Waals surface area contributed by atoms with Gasteiger partial charge in [-0.25, -0.2) is 0 Å². The fourth-order valence-electron chi connectivity index (χ4n) is 2.61. The predicted octanol–water partition coefficient (Wildman–Crippen LogP) is 4.16. The molecule has 23 heavy (non-hydrogen) atoms.